The molecule has 0 radical (unpaired) electrons. The van der Waals surface area contributed by atoms with Gasteiger partial charge in [0.1, 0.15) is 6.04 Å². The molecule has 5 nitrogen and oxygen atoms in total. The highest BCUT2D eigenvalue weighted by Crippen LogP contribution is 2.22. The molecule has 0 aliphatic carbocycles. The van der Waals surface area contributed by atoms with Gasteiger partial charge in [-0.2, -0.15) is 11.8 Å². The quantitative estimate of drug-likeness (QED) is 0.905. The molecule has 0 saturated carbocycles. The van der Waals surface area contributed by atoms with E-state index in [0.29, 0.717) is 6.54 Å². The van der Waals surface area contributed by atoms with Crippen LogP contribution in [-0.4, -0.2) is 58.9 Å². The number of para-hydroxylation sites is 1. The zero-order chi connectivity index (χ0) is 16.1. The van der Waals surface area contributed by atoms with Gasteiger partial charge in [-0.3, -0.25) is 4.79 Å². The van der Waals surface area contributed by atoms with Gasteiger partial charge in [-0.15, -0.1) is 0 Å². The number of hydrogen-bond acceptors (Lipinski definition) is 3. The fraction of sp³-hybridized carbons (Fsp3) is 0.529. The highest BCUT2D eigenvalue weighted by atomic mass is 32.2. The standard InChI is InChI=1S/C17H23N3O2S/c21-16(19-9-5-12-23-13-11-19)15-8-4-10-20(15)17(22)18-14-6-2-1-3-7-14/h1-3,6-7,15H,4-5,8-13H2,(H,18,22)/t15-/m1/s1. The van der Waals surface area contributed by atoms with Crippen LogP contribution in [0.2, 0.25) is 0 Å². The maximum absolute atomic E-state index is 12.8. The van der Waals surface area contributed by atoms with Gasteiger partial charge < -0.3 is 15.1 Å². The first-order valence-corrected chi connectivity index (χ1v) is 9.40. The zero-order valence-electron chi connectivity index (χ0n) is 13.2. The lowest BCUT2D eigenvalue weighted by atomic mass is 10.2. The van der Waals surface area contributed by atoms with Crippen molar-refractivity contribution in [3.05, 3.63) is 30.3 Å². The number of carbonyl (C=O) groups is 2. The van der Waals surface area contributed by atoms with Crippen LogP contribution in [0.15, 0.2) is 30.3 Å². The van der Waals surface area contributed by atoms with E-state index in [1.165, 1.54) is 0 Å². The van der Waals surface area contributed by atoms with Crippen molar-refractivity contribution < 1.29 is 9.59 Å². The average molecular weight is 333 g/mol. The Bertz CT molecular complexity index is 544. The maximum atomic E-state index is 12.8. The summed E-state index contributed by atoms with van der Waals surface area (Å²) in [5, 5.41) is 2.90. The summed E-state index contributed by atoms with van der Waals surface area (Å²) in [4.78, 5) is 29.0. The summed E-state index contributed by atoms with van der Waals surface area (Å²) >= 11 is 1.90. The van der Waals surface area contributed by atoms with E-state index in [-0.39, 0.29) is 18.0 Å². The van der Waals surface area contributed by atoms with E-state index < -0.39 is 0 Å². The summed E-state index contributed by atoms with van der Waals surface area (Å²) in [6.07, 6.45) is 2.70. The third-order valence-corrected chi connectivity index (χ3v) is 5.41. The summed E-state index contributed by atoms with van der Waals surface area (Å²) in [5.74, 6) is 2.23. The maximum Gasteiger partial charge on any atom is 0.322 e. The third-order valence-electron chi connectivity index (χ3n) is 4.36. The second kappa shape index (κ2) is 7.73. The monoisotopic (exact) mass is 333 g/mol. The van der Waals surface area contributed by atoms with Gasteiger partial charge in [0.05, 0.1) is 0 Å². The van der Waals surface area contributed by atoms with Crippen LogP contribution in [-0.2, 0) is 4.79 Å². The van der Waals surface area contributed by atoms with E-state index >= 15 is 0 Å². The van der Waals surface area contributed by atoms with Crippen LogP contribution in [0.4, 0.5) is 10.5 Å². The summed E-state index contributed by atoms with van der Waals surface area (Å²) in [6.45, 7) is 2.27. The van der Waals surface area contributed by atoms with E-state index in [0.717, 1.165) is 49.5 Å². The Balaban J connectivity index is 1.64. The minimum absolute atomic E-state index is 0.119. The minimum atomic E-state index is -0.304. The van der Waals surface area contributed by atoms with Gasteiger partial charge in [0.2, 0.25) is 5.91 Å². The first-order valence-electron chi connectivity index (χ1n) is 8.25. The summed E-state index contributed by atoms with van der Waals surface area (Å²) in [7, 11) is 0. The topological polar surface area (TPSA) is 52.7 Å². The number of rotatable bonds is 2. The number of nitrogens with zero attached hydrogens (tertiary/aromatic N) is 2. The number of amides is 3. The number of urea groups is 1. The molecule has 2 fully saturated rings. The molecule has 3 amide bonds. The number of anilines is 1. The van der Waals surface area contributed by atoms with Crippen molar-refractivity contribution in [2.24, 2.45) is 0 Å². The number of hydrogen-bond donors (Lipinski definition) is 1. The van der Waals surface area contributed by atoms with Crippen molar-refractivity contribution in [2.45, 2.75) is 25.3 Å². The first kappa shape index (κ1) is 16.2. The number of carbonyl (C=O) groups excluding carboxylic acids is 2. The highest BCUT2D eigenvalue weighted by molar-refractivity contribution is 7.99. The molecule has 0 unspecified atom stereocenters. The predicted molar refractivity (Wildman–Crippen MR) is 93.7 cm³/mol. The smallest absolute Gasteiger partial charge is 0.322 e. The van der Waals surface area contributed by atoms with Crippen LogP contribution in [0.1, 0.15) is 19.3 Å². The van der Waals surface area contributed by atoms with Gasteiger partial charge in [-0.25, -0.2) is 4.79 Å². The lowest BCUT2D eigenvalue weighted by molar-refractivity contribution is -0.134. The predicted octanol–water partition coefficient (Wildman–Crippen LogP) is 2.65. The molecule has 0 bridgehead atoms. The van der Waals surface area contributed by atoms with Crippen LogP contribution in [0.25, 0.3) is 0 Å². The van der Waals surface area contributed by atoms with Crippen molar-refractivity contribution in [1.29, 1.82) is 0 Å². The Labute approximate surface area is 141 Å². The van der Waals surface area contributed by atoms with Crippen LogP contribution in [0.5, 0.6) is 0 Å². The Hall–Kier alpha value is -1.69. The van der Waals surface area contributed by atoms with Crippen LogP contribution in [0, 0.1) is 0 Å². The van der Waals surface area contributed by atoms with Gasteiger partial charge in [-0.05, 0) is 37.1 Å². The largest absolute Gasteiger partial charge is 0.340 e. The minimum Gasteiger partial charge on any atom is -0.340 e. The Morgan fingerprint density at radius 2 is 1.87 bits per heavy atom. The Morgan fingerprint density at radius 3 is 2.70 bits per heavy atom. The van der Waals surface area contributed by atoms with Crippen LogP contribution >= 0.6 is 11.8 Å². The molecule has 1 aromatic rings. The van der Waals surface area contributed by atoms with Crippen LogP contribution < -0.4 is 5.32 Å². The molecule has 1 atom stereocenters. The average Bonchev–Trinajstić information content (AvgIpc) is 2.90. The van der Waals surface area contributed by atoms with Gasteiger partial charge >= 0.3 is 6.03 Å². The van der Waals surface area contributed by atoms with E-state index in [4.69, 9.17) is 0 Å². The molecular formula is C17H23N3O2S. The Kier molecular flexibility index (Phi) is 5.43. The summed E-state index contributed by atoms with van der Waals surface area (Å²) in [5.41, 5.74) is 0.766. The van der Waals surface area contributed by atoms with Crippen LogP contribution in [0.3, 0.4) is 0 Å². The second-order valence-electron chi connectivity index (χ2n) is 5.94. The molecule has 1 aromatic carbocycles. The van der Waals surface area contributed by atoms with Crippen molar-refractivity contribution in [1.82, 2.24) is 9.80 Å². The molecule has 2 saturated heterocycles. The van der Waals surface area contributed by atoms with Crippen molar-refractivity contribution in [2.75, 3.05) is 36.5 Å². The number of thioether (sulfide) groups is 1. The van der Waals surface area contributed by atoms with Gasteiger partial charge in [0.25, 0.3) is 0 Å². The van der Waals surface area contributed by atoms with E-state index in [9.17, 15) is 9.59 Å². The van der Waals surface area contributed by atoms with Gasteiger partial charge in [-0.1, -0.05) is 18.2 Å². The molecule has 124 valence electrons. The van der Waals surface area contributed by atoms with Crippen molar-refractivity contribution >= 4 is 29.4 Å². The number of benzene rings is 1. The lowest BCUT2D eigenvalue weighted by Crippen LogP contribution is -2.49. The Morgan fingerprint density at radius 1 is 1.04 bits per heavy atom. The van der Waals surface area contributed by atoms with Crippen molar-refractivity contribution in [3.63, 3.8) is 0 Å². The van der Waals surface area contributed by atoms with E-state index in [1.807, 2.05) is 47.0 Å². The lowest BCUT2D eigenvalue weighted by Gasteiger charge is -2.29. The molecule has 0 spiro atoms. The molecular weight excluding hydrogens is 310 g/mol. The number of likely N-dealkylation sites (tertiary alicyclic amines) is 1. The van der Waals surface area contributed by atoms with Gasteiger partial charge in [0.15, 0.2) is 0 Å². The molecule has 23 heavy (non-hydrogen) atoms. The fourth-order valence-electron chi connectivity index (χ4n) is 3.16. The molecule has 2 aliphatic rings. The van der Waals surface area contributed by atoms with Crippen molar-refractivity contribution in [3.8, 4) is 0 Å². The molecule has 2 aliphatic heterocycles. The number of nitrogens with one attached hydrogen (secondary N) is 1. The van der Waals surface area contributed by atoms with E-state index in [1.54, 1.807) is 4.90 Å². The molecule has 6 heteroatoms. The van der Waals surface area contributed by atoms with Gasteiger partial charge in [0, 0.05) is 31.1 Å². The SMILES string of the molecule is O=C([C@H]1CCCN1C(=O)Nc1ccccc1)N1CCCSCC1. The second-order valence-corrected chi connectivity index (χ2v) is 7.16. The summed E-state index contributed by atoms with van der Waals surface area (Å²) < 4.78 is 0. The van der Waals surface area contributed by atoms with E-state index in [2.05, 4.69) is 5.32 Å². The molecule has 0 aromatic heterocycles. The molecule has 3 rings (SSSR count). The molecule has 2 heterocycles. The molecule has 1 N–H and O–H groups in total. The first-order chi connectivity index (χ1) is 11.3. The normalized spacial score (nSPS) is 21.8. The third kappa shape index (κ3) is 3.99. The highest BCUT2D eigenvalue weighted by Gasteiger charge is 2.36. The fourth-order valence-corrected chi connectivity index (χ4v) is 4.05. The summed E-state index contributed by atoms with van der Waals surface area (Å²) in [6, 6.07) is 8.93. The zero-order valence-corrected chi connectivity index (χ0v) is 14.1.